The van der Waals surface area contributed by atoms with Gasteiger partial charge in [0.05, 0.1) is 30.8 Å². The van der Waals surface area contributed by atoms with Gasteiger partial charge in [0.1, 0.15) is 5.75 Å². The SMILES string of the molecule is CCOc1ccc(S(=O)(=O)NCC(OCCO)c2ccc(C)cc2)cc1C. The van der Waals surface area contributed by atoms with Crippen LogP contribution in [0.5, 0.6) is 5.75 Å². The molecule has 2 aromatic rings. The first kappa shape index (κ1) is 21.4. The maximum Gasteiger partial charge on any atom is 0.240 e. The summed E-state index contributed by atoms with van der Waals surface area (Å²) < 4.78 is 39.0. The first-order chi connectivity index (χ1) is 12.9. The summed E-state index contributed by atoms with van der Waals surface area (Å²) in [5.41, 5.74) is 2.70. The molecule has 1 unspecified atom stereocenters. The number of sulfonamides is 1. The third-order valence-corrected chi connectivity index (χ3v) is 5.50. The van der Waals surface area contributed by atoms with Crippen LogP contribution in [-0.4, -0.2) is 39.9 Å². The van der Waals surface area contributed by atoms with Crippen molar-refractivity contribution in [2.75, 3.05) is 26.4 Å². The third kappa shape index (κ3) is 6.04. The fourth-order valence-electron chi connectivity index (χ4n) is 2.62. The second kappa shape index (κ2) is 9.85. The molecule has 0 aromatic heterocycles. The highest BCUT2D eigenvalue weighted by Crippen LogP contribution is 2.23. The molecular weight excluding hydrogens is 366 g/mol. The molecule has 1 atom stereocenters. The summed E-state index contributed by atoms with van der Waals surface area (Å²) in [4.78, 5) is 0.174. The Morgan fingerprint density at radius 3 is 2.41 bits per heavy atom. The van der Waals surface area contributed by atoms with Crippen LogP contribution in [0.25, 0.3) is 0 Å². The maximum absolute atomic E-state index is 12.7. The topological polar surface area (TPSA) is 84.9 Å². The minimum absolute atomic E-state index is 0.0671. The minimum Gasteiger partial charge on any atom is -0.494 e. The maximum atomic E-state index is 12.7. The van der Waals surface area contributed by atoms with Crippen LogP contribution >= 0.6 is 0 Å². The van der Waals surface area contributed by atoms with Gasteiger partial charge in [0.25, 0.3) is 0 Å². The molecule has 0 aliphatic rings. The lowest BCUT2D eigenvalue weighted by molar-refractivity contribution is 0.0309. The molecule has 0 heterocycles. The van der Waals surface area contributed by atoms with Gasteiger partial charge in [-0.3, -0.25) is 0 Å². The van der Waals surface area contributed by atoms with E-state index in [9.17, 15) is 8.42 Å². The van der Waals surface area contributed by atoms with Gasteiger partial charge < -0.3 is 14.6 Å². The van der Waals surface area contributed by atoms with E-state index in [4.69, 9.17) is 14.6 Å². The summed E-state index contributed by atoms with van der Waals surface area (Å²) in [6.07, 6.45) is -0.490. The molecule has 2 aromatic carbocycles. The molecular formula is C20H27NO5S. The van der Waals surface area contributed by atoms with E-state index < -0.39 is 16.1 Å². The van der Waals surface area contributed by atoms with Gasteiger partial charge in [-0.2, -0.15) is 0 Å². The lowest BCUT2D eigenvalue weighted by Crippen LogP contribution is -2.30. The molecule has 7 heteroatoms. The zero-order chi connectivity index (χ0) is 19.9. The zero-order valence-electron chi connectivity index (χ0n) is 15.9. The van der Waals surface area contributed by atoms with E-state index in [1.54, 1.807) is 12.1 Å². The second-order valence-electron chi connectivity index (χ2n) is 6.21. The van der Waals surface area contributed by atoms with Crippen LogP contribution < -0.4 is 9.46 Å². The monoisotopic (exact) mass is 393 g/mol. The third-order valence-electron chi connectivity index (χ3n) is 4.07. The number of aryl methyl sites for hydroxylation is 2. The van der Waals surface area contributed by atoms with Crippen molar-refractivity contribution in [2.45, 2.75) is 31.8 Å². The summed E-state index contributed by atoms with van der Waals surface area (Å²) in [5.74, 6) is 0.667. The number of nitrogens with one attached hydrogen (secondary N) is 1. The molecule has 0 amide bonds. The van der Waals surface area contributed by atoms with Crippen molar-refractivity contribution in [3.63, 3.8) is 0 Å². The normalized spacial score (nSPS) is 12.7. The van der Waals surface area contributed by atoms with Gasteiger partial charge in [0.15, 0.2) is 0 Å². The summed E-state index contributed by atoms with van der Waals surface area (Å²) in [5, 5.41) is 9.04. The van der Waals surface area contributed by atoms with Gasteiger partial charge >= 0.3 is 0 Å². The van der Waals surface area contributed by atoms with Crippen molar-refractivity contribution < 1.29 is 23.0 Å². The van der Waals surface area contributed by atoms with E-state index >= 15 is 0 Å². The Labute approximate surface area is 161 Å². The van der Waals surface area contributed by atoms with Crippen molar-refractivity contribution in [2.24, 2.45) is 0 Å². The van der Waals surface area contributed by atoms with Crippen LogP contribution in [0.3, 0.4) is 0 Å². The Balaban J connectivity index is 2.14. The summed E-state index contributed by atoms with van der Waals surface area (Å²) in [6, 6.07) is 12.4. The second-order valence-corrected chi connectivity index (χ2v) is 7.97. The summed E-state index contributed by atoms with van der Waals surface area (Å²) in [6.45, 7) is 6.25. The van der Waals surface area contributed by atoms with Gasteiger partial charge in [-0.15, -0.1) is 0 Å². The van der Waals surface area contributed by atoms with E-state index in [-0.39, 0.29) is 24.7 Å². The predicted molar refractivity (Wildman–Crippen MR) is 104 cm³/mol. The van der Waals surface area contributed by atoms with Crippen LogP contribution in [0, 0.1) is 13.8 Å². The van der Waals surface area contributed by atoms with Crippen molar-refractivity contribution in [3.8, 4) is 5.75 Å². The highest BCUT2D eigenvalue weighted by Gasteiger charge is 2.19. The van der Waals surface area contributed by atoms with E-state index in [1.807, 2.05) is 45.0 Å². The average molecular weight is 394 g/mol. The number of aliphatic hydroxyl groups is 1. The van der Waals surface area contributed by atoms with E-state index in [1.165, 1.54) is 6.07 Å². The molecule has 0 radical (unpaired) electrons. The van der Waals surface area contributed by atoms with Crippen molar-refractivity contribution in [1.82, 2.24) is 4.72 Å². The fraction of sp³-hybridized carbons (Fsp3) is 0.400. The molecule has 0 aliphatic heterocycles. The van der Waals surface area contributed by atoms with Crippen LogP contribution in [0.1, 0.15) is 29.7 Å². The number of rotatable bonds is 10. The first-order valence-electron chi connectivity index (χ1n) is 8.89. The molecule has 27 heavy (non-hydrogen) atoms. The van der Waals surface area contributed by atoms with Crippen LogP contribution in [0.2, 0.25) is 0 Å². The Morgan fingerprint density at radius 1 is 1.11 bits per heavy atom. The van der Waals surface area contributed by atoms with Crippen molar-refractivity contribution in [3.05, 3.63) is 59.2 Å². The highest BCUT2D eigenvalue weighted by atomic mass is 32.2. The quantitative estimate of drug-likeness (QED) is 0.648. The minimum atomic E-state index is -3.70. The smallest absolute Gasteiger partial charge is 0.240 e. The first-order valence-corrected chi connectivity index (χ1v) is 10.4. The van der Waals surface area contributed by atoms with Crippen LogP contribution in [0.15, 0.2) is 47.4 Å². The van der Waals surface area contributed by atoms with E-state index in [2.05, 4.69) is 4.72 Å². The Kier molecular flexibility index (Phi) is 7.79. The molecule has 0 aliphatic carbocycles. The number of hydrogen-bond acceptors (Lipinski definition) is 5. The fourth-order valence-corrected chi connectivity index (χ4v) is 3.74. The van der Waals surface area contributed by atoms with Crippen LogP contribution in [-0.2, 0) is 14.8 Å². The molecule has 2 N–H and O–H groups in total. The zero-order valence-corrected chi connectivity index (χ0v) is 16.8. The van der Waals surface area contributed by atoms with E-state index in [0.717, 1.165) is 16.7 Å². The Bertz CT molecular complexity index is 834. The summed E-state index contributed by atoms with van der Waals surface area (Å²) in [7, 11) is -3.70. The Hall–Kier alpha value is -1.93. The molecule has 0 saturated heterocycles. The molecule has 6 nitrogen and oxygen atoms in total. The number of ether oxygens (including phenoxy) is 2. The molecule has 0 saturated carbocycles. The number of hydrogen-bond donors (Lipinski definition) is 2. The molecule has 0 bridgehead atoms. The van der Waals surface area contributed by atoms with Gasteiger partial charge in [0.2, 0.25) is 10.0 Å². The van der Waals surface area contributed by atoms with Gasteiger partial charge in [-0.25, -0.2) is 13.1 Å². The predicted octanol–water partition coefficient (Wildman–Crippen LogP) is 2.73. The van der Waals surface area contributed by atoms with Gasteiger partial charge in [-0.05, 0) is 50.1 Å². The number of aliphatic hydroxyl groups excluding tert-OH is 1. The molecule has 0 spiro atoms. The highest BCUT2D eigenvalue weighted by molar-refractivity contribution is 7.89. The van der Waals surface area contributed by atoms with Crippen molar-refractivity contribution in [1.29, 1.82) is 0 Å². The summed E-state index contributed by atoms with van der Waals surface area (Å²) >= 11 is 0. The molecule has 0 fully saturated rings. The largest absolute Gasteiger partial charge is 0.494 e. The van der Waals surface area contributed by atoms with Gasteiger partial charge in [-0.1, -0.05) is 29.8 Å². The number of benzene rings is 2. The Morgan fingerprint density at radius 2 is 1.81 bits per heavy atom. The lowest BCUT2D eigenvalue weighted by Gasteiger charge is -2.19. The molecule has 2 rings (SSSR count). The standard InChI is InChI=1S/C20H27NO5S/c1-4-25-19-10-9-18(13-16(19)3)27(23,24)21-14-20(26-12-11-22)17-7-5-15(2)6-8-17/h5-10,13,20-22H,4,11-12,14H2,1-3H3. The van der Waals surface area contributed by atoms with E-state index in [0.29, 0.717) is 12.4 Å². The van der Waals surface area contributed by atoms with Crippen LogP contribution in [0.4, 0.5) is 0 Å². The van der Waals surface area contributed by atoms with Crippen molar-refractivity contribution >= 4 is 10.0 Å². The van der Waals surface area contributed by atoms with Gasteiger partial charge in [0, 0.05) is 6.54 Å². The molecule has 148 valence electrons. The average Bonchev–Trinajstić information content (AvgIpc) is 2.64. The lowest BCUT2D eigenvalue weighted by atomic mass is 10.1.